The molecule has 0 spiro atoms. The highest BCUT2D eigenvalue weighted by Gasteiger charge is 2.14. The Balaban J connectivity index is 2.02. The third-order valence-electron chi connectivity index (χ3n) is 2.27. The summed E-state index contributed by atoms with van der Waals surface area (Å²) in [6.07, 6.45) is 2.96. The quantitative estimate of drug-likeness (QED) is 0.798. The molecule has 2 rings (SSSR count). The van der Waals surface area contributed by atoms with Crippen LogP contribution in [0.4, 0.5) is 0 Å². The number of pyridine rings is 1. The summed E-state index contributed by atoms with van der Waals surface area (Å²) in [4.78, 5) is 35.4. The van der Waals surface area contributed by atoms with Crippen molar-refractivity contribution in [1.29, 1.82) is 0 Å². The number of aryl methyl sites for hydroxylation is 1. The van der Waals surface area contributed by atoms with E-state index in [9.17, 15) is 9.59 Å². The molecule has 0 fully saturated rings. The molecule has 2 heterocycles. The maximum absolute atomic E-state index is 11.9. The van der Waals surface area contributed by atoms with Gasteiger partial charge in [0.15, 0.2) is 0 Å². The van der Waals surface area contributed by atoms with Crippen molar-refractivity contribution in [2.45, 2.75) is 6.92 Å². The van der Waals surface area contributed by atoms with Gasteiger partial charge < -0.3 is 0 Å². The van der Waals surface area contributed by atoms with Gasteiger partial charge in [0.25, 0.3) is 11.8 Å². The first-order valence-electron chi connectivity index (χ1n) is 5.59. The molecule has 0 aliphatic carbocycles. The van der Waals surface area contributed by atoms with Crippen LogP contribution in [0, 0.1) is 6.92 Å². The van der Waals surface area contributed by atoms with Crippen molar-refractivity contribution in [3.05, 3.63) is 52.3 Å². The second kappa shape index (κ2) is 6.20. The maximum atomic E-state index is 11.9. The summed E-state index contributed by atoms with van der Waals surface area (Å²) >= 11 is 3.17. The zero-order valence-electron chi connectivity index (χ0n) is 10.4. The molecule has 102 valence electrons. The maximum Gasteiger partial charge on any atom is 0.289 e. The van der Waals surface area contributed by atoms with Crippen molar-refractivity contribution in [3.63, 3.8) is 0 Å². The van der Waals surface area contributed by atoms with E-state index >= 15 is 0 Å². The number of hydrogen-bond donors (Lipinski definition) is 2. The van der Waals surface area contributed by atoms with Gasteiger partial charge >= 0.3 is 0 Å². The van der Waals surface area contributed by atoms with Crippen LogP contribution in [0.3, 0.4) is 0 Å². The molecule has 7 nitrogen and oxygen atoms in total. The van der Waals surface area contributed by atoms with Crippen LogP contribution in [0.1, 0.15) is 26.8 Å². The topological polar surface area (TPSA) is 96.9 Å². The van der Waals surface area contributed by atoms with Crippen molar-refractivity contribution in [1.82, 2.24) is 25.8 Å². The first kappa shape index (κ1) is 14.1. The SMILES string of the molecule is Cc1ncc(Br)c(C(=O)NNC(=O)c2ccccn2)n1. The van der Waals surface area contributed by atoms with E-state index in [1.165, 1.54) is 18.5 Å². The number of amides is 2. The van der Waals surface area contributed by atoms with Gasteiger partial charge in [-0.15, -0.1) is 0 Å². The van der Waals surface area contributed by atoms with E-state index in [0.717, 1.165) is 0 Å². The molecule has 2 aromatic heterocycles. The highest BCUT2D eigenvalue weighted by molar-refractivity contribution is 9.10. The van der Waals surface area contributed by atoms with Gasteiger partial charge in [0.05, 0.1) is 4.47 Å². The minimum atomic E-state index is -0.549. The zero-order valence-corrected chi connectivity index (χ0v) is 12.0. The Hall–Kier alpha value is -2.35. The lowest BCUT2D eigenvalue weighted by molar-refractivity contribution is 0.0840. The Bertz CT molecular complexity index is 648. The second-order valence-corrected chi connectivity index (χ2v) is 4.59. The standard InChI is InChI=1S/C12H10BrN5O2/c1-7-15-6-8(13)10(16-7)12(20)18-17-11(19)9-4-2-3-5-14-9/h2-6H,1H3,(H,17,19)(H,18,20). The number of nitrogens with one attached hydrogen (secondary N) is 2. The minimum absolute atomic E-state index is 0.138. The summed E-state index contributed by atoms with van der Waals surface area (Å²) in [5.74, 6) is -0.609. The minimum Gasteiger partial charge on any atom is -0.266 e. The molecule has 2 amide bonds. The third kappa shape index (κ3) is 3.35. The van der Waals surface area contributed by atoms with Gasteiger partial charge in [0.2, 0.25) is 0 Å². The largest absolute Gasteiger partial charge is 0.289 e. The van der Waals surface area contributed by atoms with E-state index in [0.29, 0.717) is 10.3 Å². The van der Waals surface area contributed by atoms with Gasteiger partial charge in [-0.2, -0.15) is 0 Å². The molecule has 0 aliphatic rings. The summed E-state index contributed by atoms with van der Waals surface area (Å²) in [6.45, 7) is 1.66. The lowest BCUT2D eigenvalue weighted by atomic mass is 10.3. The molecular weight excluding hydrogens is 326 g/mol. The molecule has 0 atom stereocenters. The highest BCUT2D eigenvalue weighted by Crippen LogP contribution is 2.12. The van der Waals surface area contributed by atoms with Crippen molar-refractivity contribution in [3.8, 4) is 0 Å². The van der Waals surface area contributed by atoms with Gasteiger partial charge in [-0.25, -0.2) is 9.97 Å². The third-order valence-corrected chi connectivity index (χ3v) is 2.85. The summed E-state index contributed by atoms with van der Waals surface area (Å²) in [7, 11) is 0. The Morgan fingerprint density at radius 3 is 2.60 bits per heavy atom. The summed E-state index contributed by atoms with van der Waals surface area (Å²) < 4.78 is 0.438. The molecule has 0 aliphatic heterocycles. The van der Waals surface area contributed by atoms with Crippen molar-refractivity contribution < 1.29 is 9.59 Å². The smallest absolute Gasteiger partial charge is 0.266 e. The fourth-order valence-corrected chi connectivity index (χ4v) is 1.72. The molecule has 2 aromatic rings. The fraction of sp³-hybridized carbons (Fsp3) is 0.0833. The Morgan fingerprint density at radius 2 is 1.90 bits per heavy atom. The molecule has 8 heteroatoms. The van der Waals surface area contributed by atoms with Crippen LogP contribution in [0.5, 0.6) is 0 Å². The number of hydrogen-bond acceptors (Lipinski definition) is 5. The summed E-state index contributed by atoms with van der Waals surface area (Å²) in [6, 6.07) is 4.90. The van der Waals surface area contributed by atoms with Gasteiger partial charge in [-0.05, 0) is 35.0 Å². The van der Waals surface area contributed by atoms with E-state index in [2.05, 4.69) is 41.7 Å². The van der Waals surface area contributed by atoms with Gasteiger partial charge in [-0.3, -0.25) is 25.4 Å². The number of carbonyl (C=O) groups is 2. The number of hydrazine groups is 1. The predicted octanol–water partition coefficient (Wildman–Crippen LogP) is 1.02. The van der Waals surface area contributed by atoms with Crippen LogP contribution < -0.4 is 10.9 Å². The van der Waals surface area contributed by atoms with Crippen LogP contribution in [-0.2, 0) is 0 Å². The number of nitrogens with zero attached hydrogens (tertiary/aromatic N) is 3. The average molecular weight is 336 g/mol. The summed E-state index contributed by atoms with van der Waals surface area (Å²) in [5.41, 5.74) is 4.87. The molecule has 0 bridgehead atoms. The van der Waals surface area contributed by atoms with Crippen molar-refractivity contribution in [2.24, 2.45) is 0 Å². The van der Waals surface area contributed by atoms with Crippen LogP contribution in [0.25, 0.3) is 0 Å². The zero-order chi connectivity index (χ0) is 14.5. The first-order valence-corrected chi connectivity index (χ1v) is 6.38. The molecule has 20 heavy (non-hydrogen) atoms. The lowest BCUT2D eigenvalue weighted by Crippen LogP contribution is -2.42. The molecule has 0 unspecified atom stereocenters. The van der Waals surface area contributed by atoms with Crippen LogP contribution in [0.2, 0.25) is 0 Å². The van der Waals surface area contributed by atoms with E-state index in [4.69, 9.17) is 0 Å². The number of rotatable bonds is 2. The predicted molar refractivity (Wildman–Crippen MR) is 73.6 cm³/mol. The molecule has 0 radical (unpaired) electrons. The monoisotopic (exact) mass is 335 g/mol. The molecule has 2 N–H and O–H groups in total. The molecule has 0 saturated carbocycles. The van der Waals surface area contributed by atoms with Crippen LogP contribution in [0.15, 0.2) is 35.1 Å². The average Bonchev–Trinajstić information content (AvgIpc) is 2.47. The molecule has 0 saturated heterocycles. The second-order valence-electron chi connectivity index (χ2n) is 3.74. The lowest BCUT2D eigenvalue weighted by Gasteiger charge is -2.07. The van der Waals surface area contributed by atoms with E-state index < -0.39 is 11.8 Å². The Kier molecular flexibility index (Phi) is 4.36. The number of carbonyl (C=O) groups excluding carboxylic acids is 2. The van der Waals surface area contributed by atoms with Crippen LogP contribution >= 0.6 is 15.9 Å². The number of aromatic nitrogens is 3. The fourth-order valence-electron chi connectivity index (χ4n) is 1.35. The molecular formula is C12H10BrN5O2. The van der Waals surface area contributed by atoms with Gasteiger partial charge in [0, 0.05) is 12.4 Å². The first-order chi connectivity index (χ1) is 9.58. The van der Waals surface area contributed by atoms with Gasteiger partial charge in [-0.1, -0.05) is 6.07 Å². The van der Waals surface area contributed by atoms with Gasteiger partial charge in [0.1, 0.15) is 17.2 Å². The van der Waals surface area contributed by atoms with Crippen molar-refractivity contribution >= 4 is 27.7 Å². The normalized spacial score (nSPS) is 9.90. The van der Waals surface area contributed by atoms with Crippen LogP contribution in [-0.4, -0.2) is 26.8 Å². The highest BCUT2D eigenvalue weighted by atomic mass is 79.9. The van der Waals surface area contributed by atoms with E-state index in [1.54, 1.807) is 19.1 Å². The Morgan fingerprint density at radius 1 is 1.15 bits per heavy atom. The van der Waals surface area contributed by atoms with E-state index in [-0.39, 0.29) is 11.4 Å². The van der Waals surface area contributed by atoms with E-state index in [1.807, 2.05) is 0 Å². The molecule has 0 aromatic carbocycles. The Labute approximate surface area is 123 Å². The van der Waals surface area contributed by atoms with Crippen molar-refractivity contribution in [2.75, 3.05) is 0 Å². The number of halogens is 1. The summed E-state index contributed by atoms with van der Waals surface area (Å²) in [5, 5.41) is 0.